The monoisotopic (exact) mass is 224 g/mol. The molecule has 0 saturated heterocycles. The SMILES string of the molecule is O=C(O)CC(=O)Oc1ccc(C(=O)O)cc1. The van der Waals surface area contributed by atoms with Gasteiger partial charge in [0.2, 0.25) is 0 Å². The number of carbonyl (C=O) groups is 3. The fourth-order valence-electron chi connectivity index (χ4n) is 0.957. The summed E-state index contributed by atoms with van der Waals surface area (Å²) >= 11 is 0. The molecule has 0 saturated carbocycles. The number of carboxylic acid groups (broad SMARTS) is 2. The topological polar surface area (TPSA) is 101 Å². The second-order valence-corrected chi connectivity index (χ2v) is 2.87. The number of aliphatic carboxylic acids is 1. The summed E-state index contributed by atoms with van der Waals surface area (Å²) in [6, 6.07) is 5.07. The number of esters is 1. The van der Waals surface area contributed by atoms with Crippen molar-refractivity contribution in [3.8, 4) is 5.75 Å². The first kappa shape index (κ1) is 11.7. The van der Waals surface area contributed by atoms with E-state index in [4.69, 9.17) is 10.2 Å². The van der Waals surface area contributed by atoms with Crippen molar-refractivity contribution in [3.63, 3.8) is 0 Å². The molecule has 2 N–H and O–H groups in total. The first-order valence-electron chi connectivity index (χ1n) is 4.25. The average Bonchev–Trinajstić information content (AvgIpc) is 2.16. The van der Waals surface area contributed by atoms with Crippen LogP contribution in [0.1, 0.15) is 16.8 Å². The van der Waals surface area contributed by atoms with E-state index in [0.717, 1.165) is 0 Å². The molecule has 1 aromatic carbocycles. The van der Waals surface area contributed by atoms with Crippen molar-refractivity contribution in [2.24, 2.45) is 0 Å². The van der Waals surface area contributed by atoms with Crippen molar-refractivity contribution in [1.82, 2.24) is 0 Å². The lowest BCUT2D eigenvalue weighted by Crippen LogP contribution is -2.13. The van der Waals surface area contributed by atoms with Gasteiger partial charge in [-0.2, -0.15) is 0 Å². The van der Waals surface area contributed by atoms with Crippen LogP contribution < -0.4 is 4.74 Å². The molecule has 0 aromatic heterocycles. The van der Waals surface area contributed by atoms with Gasteiger partial charge in [-0.05, 0) is 24.3 Å². The van der Waals surface area contributed by atoms with Gasteiger partial charge in [0.05, 0.1) is 5.56 Å². The van der Waals surface area contributed by atoms with Crippen molar-refractivity contribution in [2.75, 3.05) is 0 Å². The number of benzene rings is 1. The third-order valence-corrected chi connectivity index (χ3v) is 1.63. The van der Waals surface area contributed by atoms with Crippen LogP contribution in [0, 0.1) is 0 Å². The number of rotatable bonds is 4. The number of carbonyl (C=O) groups excluding carboxylic acids is 1. The number of ether oxygens (including phenoxy) is 1. The highest BCUT2D eigenvalue weighted by Gasteiger charge is 2.10. The third kappa shape index (κ3) is 3.41. The maximum atomic E-state index is 10.9. The van der Waals surface area contributed by atoms with Crippen molar-refractivity contribution < 1.29 is 29.3 Å². The second kappa shape index (κ2) is 4.92. The summed E-state index contributed by atoms with van der Waals surface area (Å²) in [4.78, 5) is 31.6. The number of aromatic carboxylic acids is 1. The summed E-state index contributed by atoms with van der Waals surface area (Å²) in [6.45, 7) is 0. The minimum atomic E-state index is -1.29. The first-order chi connectivity index (χ1) is 7.49. The number of hydrogen-bond acceptors (Lipinski definition) is 4. The second-order valence-electron chi connectivity index (χ2n) is 2.87. The molecule has 84 valence electrons. The lowest BCUT2D eigenvalue weighted by atomic mass is 10.2. The van der Waals surface area contributed by atoms with Gasteiger partial charge < -0.3 is 14.9 Å². The lowest BCUT2D eigenvalue weighted by molar-refractivity contribution is -0.145. The molecule has 0 aliphatic rings. The zero-order valence-electron chi connectivity index (χ0n) is 8.04. The van der Waals surface area contributed by atoms with Gasteiger partial charge in [0.15, 0.2) is 0 Å². The molecule has 0 heterocycles. The van der Waals surface area contributed by atoms with Crippen LogP contribution in [-0.4, -0.2) is 28.1 Å². The fourth-order valence-corrected chi connectivity index (χ4v) is 0.957. The quantitative estimate of drug-likeness (QED) is 0.445. The Morgan fingerprint density at radius 3 is 2.06 bits per heavy atom. The minimum absolute atomic E-state index is 0.0537. The predicted octanol–water partition coefficient (Wildman–Crippen LogP) is 0.765. The summed E-state index contributed by atoms with van der Waals surface area (Å²) in [5, 5.41) is 16.9. The van der Waals surface area contributed by atoms with E-state index in [0.29, 0.717) is 0 Å². The summed E-state index contributed by atoms with van der Waals surface area (Å²) in [6.07, 6.45) is -0.735. The third-order valence-electron chi connectivity index (χ3n) is 1.63. The summed E-state index contributed by atoms with van der Waals surface area (Å²) in [5.41, 5.74) is 0.0537. The number of carboxylic acids is 2. The Morgan fingerprint density at radius 1 is 1.06 bits per heavy atom. The van der Waals surface area contributed by atoms with Crippen molar-refractivity contribution in [2.45, 2.75) is 6.42 Å². The zero-order valence-corrected chi connectivity index (χ0v) is 8.04. The minimum Gasteiger partial charge on any atom is -0.481 e. The van der Waals surface area contributed by atoms with Gasteiger partial charge in [-0.25, -0.2) is 4.79 Å². The standard InChI is InChI=1S/C10H8O6/c11-8(12)5-9(13)16-7-3-1-6(2-4-7)10(14)15/h1-4H,5H2,(H,11,12)(H,14,15). The summed E-state index contributed by atoms with van der Waals surface area (Å²) in [7, 11) is 0. The Labute approximate surface area is 90.1 Å². The maximum absolute atomic E-state index is 10.9. The van der Waals surface area contributed by atoms with Gasteiger partial charge in [0.1, 0.15) is 12.2 Å². The van der Waals surface area contributed by atoms with Crippen LogP contribution in [0.2, 0.25) is 0 Å². The largest absolute Gasteiger partial charge is 0.481 e. The van der Waals surface area contributed by atoms with Crippen LogP contribution >= 0.6 is 0 Å². The van der Waals surface area contributed by atoms with E-state index in [-0.39, 0.29) is 11.3 Å². The van der Waals surface area contributed by atoms with Crippen LogP contribution in [0.4, 0.5) is 0 Å². The molecule has 6 heteroatoms. The fraction of sp³-hybridized carbons (Fsp3) is 0.100. The van der Waals surface area contributed by atoms with E-state index in [1.165, 1.54) is 24.3 Å². The van der Waals surface area contributed by atoms with E-state index in [1.54, 1.807) is 0 Å². The highest BCUT2D eigenvalue weighted by Crippen LogP contribution is 2.12. The Kier molecular flexibility index (Phi) is 3.60. The van der Waals surface area contributed by atoms with E-state index in [2.05, 4.69) is 4.74 Å². The molecule has 1 rings (SSSR count). The van der Waals surface area contributed by atoms with Crippen LogP contribution in [0.3, 0.4) is 0 Å². The molecule has 0 fully saturated rings. The average molecular weight is 224 g/mol. The molecule has 1 aromatic rings. The van der Waals surface area contributed by atoms with Gasteiger partial charge in [-0.1, -0.05) is 0 Å². The van der Waals surface area contributed by atoms with E-state index >= 15 is 0 Å². The highest BCUT2D eigenvalue weighted by atomic mass is 16.5. The van der Waals surface area contributed by atoms with Crippen LogP contribution in [0.15, 0.2) is 24.3 Å². The molecule has 0 atom stereocenters. The molecule has 0 radical (unpaired) electrons. The van der Waals surface area contributed by atoms with Gasteiger partial charge in [-0.3, -0.25) is 9.59 Å². The van der Waals surface area contributed by atoms with Gasteiger partial charge in [-0.15, -0.1) is 0 Å². The van der Waals surface area contributed by atoms with Gasteiger partial charge in [0, 0.05) is 0 Å². The normalized spacial score (nSPS) is 9.50. The molecule has 0 aliphatic carbocycles. The van der Waals surface area contributed by atoms with Crippen LogP contribution in [0.25, 0.3) is 0 Å². The first-order valence-corrected chi connectivity index (χ1v) is 4.25. The molecule has 6 nitrogen and oxygen atoms in total. The highest BCUT2D eigenvalue weighted by molar-refractivity contribution is 5.91. The van der Waals surface area contributed by atoms with E-state index in [1.807, 2.05) is 0 Å². The Balaban J connectivity index is 2.65. The molecule has 16 heavy (non-hydrogen) atoms. The Hall–Kier alpha value is -2.37. The predicted molar refractivity (Wildman–Crippen MR) is 51.3 cm³/mol. The van der Waals surface area contributed by atoms with E-state index in [9.17, 15) is 14.4 Å². The van der Waals surface area contributed by atoms with Crippen LogP contribution in [0.5, 0.6) is 5.75 Å². The van der Waals surface area contributed by atoms with Crippen molar-refractivity contribution >= 4 is 17.9 Å². The maximum Gasteiger partial charge on any atom is 0.335 e. The van der Waals surface area contributed by atoms with Gasteiger partial charge in [0.25, 0.3) is 0 Å². The number of hydrogen-bond donors (Lipinski definition) is 2. The summed E-state index contributed by atoms with van der Waals surface area (Å²) < 4.78 is 4.65. The lowest BCUT2D eigenvalue weighted by Gasteiger charge is -2.02. The summed E-state index contributed by atoms with van der Waals surface area (Å²) in [5.74, 6) is -3.18. The molecular formula is C10H8O6. The Bertz CT molecular complexity index is 419. The Morgan fingerprint density at radius 2 is 1.62 bits per heavy atom. The zero-order chi connectivity index (χ0) is 12.1. The van der Waals surface area contributed by atoms with Crippen molar-refractivity contribution in [3.05, 3.63) is 29.8 Å². The van der Waals surface area contributed by atoms with Gasteiger partial charge >= 0.3 is 17.9 Å². The van der Waals surface area contributed by atoms with E-state index < -0.39 is 24.3 Å². The molecule has 0 aliphatic heterocycles. The molecule has 0 unspecified atom stereocenters. The molecule has 0 bridgehead atoms. The molecule has 0 amide bonds. The molecule has 0 spiro atoms. The molecular weight excluding hydrogens is 216 g/mol. The van der Waals surface area contributed by atoms with Crippen molar-refractivity contribution in [1.29, 1.82) is 0 Å². The smallest absolute Gasteiger partial charge is 0.335 e. The van der Waals surface area contributed by atoms with Crippen LogP contribution in [-0.2, 0) is 9.59 Å².